The average molecular weight is 370 g/mol. The number of hydrogen-bond donors (Lipinski definition) is 2. The Bertz CT molecular complexity index is 854. The number of furan rings is 1. The Labute approximate surface area is 157 Å². The molecule has 2 heterocycles. The zero-order valence-corrected chi connectivity index (χ0v) is 15.3. The summed E-state index contributed by atoms with van der Waals surface area (Å²) in [6, 6.07) is 10.6. The van der Waals surface area contributed by atoms with Crippen LogP contribution in [0.4, 0.5) is 5.69 Å². The summed E-state index contributed by atoms with van der Waals surface area (Å²) in [6.45, 7) is 4.74. The van der Waals surface area contributed by atoms with E-state index in [2.05, 4.69) is 19.2 Å². The van der Waals surface area contributed by atoms with Crippen LogP contribution in [-0.2, 0) is 16.1 Å². The van der Waals surface area contributed by atoms with Crippen LogP contribution in [0, 0.1) is 5.92 Å². The van der Waals surface area contributed by atoms with Crippen LogP contribution in [-0.4, -0.2) is 29.4 Å². The normalized spacial score (nSPS) is 16.8. The van der Waals surface area contributed by atoms with Crippen molar-refractivity contribution in [1.29, 1.82) is 0 Å². The first-order chi connectivity index (χ1) is 12.9. The minimum Gasteiger partial charge on any atom is -0.475 e. The molecule has 0 radical (unpaired) electrons. The number of nitrogens with zero attached hydrogens (tertiary/aromatic N) is 1. The number of anilines is 1. The molecule has 1 aromatic carbocycles. The highest BCUT2D eigenvalue weighted by molar-refractivity contribution is 6.09. The summed E-state index contributed by atoms with van der Waals surface area (Å²) in [5.74, 6) is -1.97. The fraction of sp³-hybridized carbons (Fsp3) is 0.350. The van der Waals surface area contributed by atoms with E-state index < -0.39 is 11.9 Å². The number of carbonyl (C=O) groups is 3. The highest BCUT2D eigenvalue weighted by Gasteiger charge is 2.37. The zero-order chi connectivity index (χ0) is 19.6. The summed E-state index contributed by atoms with van der Waals surface area (Å²) >= 11 is 0. The lowest BCUT2D eigenvalue weighted by Crippen LogP contribution is -2.36. The quantitative estimate of drug-likeness (QED) is 0.762. The van der Waals surface area contributed by atoms with Gasteiger partial charge in [0.25, 0.3) is 0 Å². The van der Waals surface area contributed by atoms with E-state index in [4.69, 9.17) is 9.52 Å². The fourth-order valence-electron chi connectivity index (χ4n) is 3.10. The van der Waals surface area contributed by atoms with Gasteiger partial charge in [-0.15, -0.1) is 0 Å². The first kappa shape index (κ1) is 18.7. The van der Waals surface area contributed by atoms with Crippen molar-refractivity contribution in [3.63, 3.8) is 0 Å². The van der Waals surface area contributed by atoms with Gasteiger partial charge >= 0.3 is 5.97 Å². The third-order valence-electron chi connectivity index (χ3n) is 4.70. The number of benzene rings is 1. The van der Waals surface area contributed by atoms with Crippen LogP contribution in [0.3, 0.4) is 0 Å². The standard InChI is InChI=1S/C20H22N2O5/c1-12(2)13-3-5-14(6-4-13)22-10-9-16(19(22)24)18(23)21-11-15-7-8-17(27-15)20(25)26/h3-8,12,16H,9-11H2,1-2H3,(H,21,23)(H,25,26). The first-order valence-electron chi connectivity index (χ1n) is 8.88. The predicted octanol–water partition coefficient (Wildman–Crippen LogP) is 2.77. The van der Waals surface area contributed by atoms with Crippen LogP contribution < -0.4 is 10.2 Å². The molecule has 1 aliphatic rings. The molecule has 142 valence electrons. The maximum Gasteiger partial charge on any atom is 0.371 e. The first-order valence-corrected chi connectivity index (χ1v) is 8.88. The Morgan fingerprint density at radius 1 is 1.22 bits per heavy atom. The molecule has 0 bridgehead atoms. The van der Waals surface area contributed by atoms with Crippen LogP contribution in [0.5, 0.6) is 0 Å². The molecule has 7 heteroatoms. The fourth-order valence-corrected chi connectivity index (χ4v) is 3.10. The molecule has 0 aliphatic carbocycles. The predicted molar refractivity (Wildman–Crippen MR) is 98.5 cm³/mol. The van der Waals surface area contributed by atoms with E-state index >= 15 is 0 Å². The molecule has 1 fully saturated rings. The van der Waals surface area contributed by atoms with E-state index in [0.29, 0.717) is 24.6 Å². The lowest BCUT2D eigenvalue weighted by Gasteiger charge is -2.17. The van der Waals surface area contributed by atoms with Gasteiger partial charge in [0.1, 0.15) is 11.7 Å². The number of aromatic carboxylic acids is 1. The lowest BCUT2D eigenvalue weighted by molar-refractivity contribution is -0.132. The third-order valence-corrected chi connectivity index (χ3v) is 4.70. The Balaban J connectivity index is 1.60. The number of nitrogens with one attached hydrogen (secondary N) is 1. The van der Waals surface area contributed by atoms with Gasteiger partial charge in [-0.25, -0.2) is 4.79 Å². The smallest absolute Gasteiger partial charge is 0.371 e. The van der Waals surface area contributed by atoms with Crippen LogP contribution in [0.2, 0.25) is 0 Å². The maximum absolute atomic E-state index is 12.6. The summed E-state index contributed by atoms with van der Waals surface area (Å²) in [5, 5.41) is 11.5. The molecule has 0 spiro atoms. The molecule has 0 saturated carbocycles. The van der Waals surface area contributed by atoms with E-state index in [0.717, 1.165) is 5.69 Å². The SMILES string of the molecule is CC(C)c1ccc(N2CCC(C(=O)NCc3ccc(C(=O)O)o3)C2=O)cc1. The Kier molecular flexibility index (Phi) is 5.30. The second-order valence-electron chi connectivity index (χ2n) is 6.87. The molecule has 1 atom stereocenters. The van der Waals surface area contributed by atoms with E-state index in [1.54, 1.807) is 4.90 Å². The second-order valence-corrected chi connectivity index (χ2v) is 6.87. The zero-order valence-electron chi connectivity index (χ0n) is 15.3. The van der Waals surface area contributed by atoms with Gasteiger partial charge < -0.3 is 19.7 Å². The van der Waals surface area contributed by atoms with Crippen LogP contribution in [0.1, 0.15) is 48.1 Å². The van der Waals surface area contributed by atoms with Crippen molar-refractivity contribution in [2.75, 3.05) is 11.4 Å². The van der Waals surface area contributed by atoms with E-state index in [1.165, 1.54) is 17.7 Å². The monoisotopic (exact) mass is 370 g/mol. The molecular formula is C20H22N2O5. The topological polar surface area (TPSA) is 99.8 Å². The van der Waals surface area contributed by atoms with Crippen molar-refractivity contribution < 1.29 is 23.9 Å². The minimum atomic E-state index is -1.17. The maximum atomic E-state index is 12.6. The molecule has 27 heavy (non-hydrogen) atoms. The molecule has 7 nitrogen and oxygen atoms in total. The molecular weight excluding hydrogens is 348 g/mol. The van der Waals surface area contributed by atoms with Gasteiger partial charge in [-0.1, -0.05) is 26.0 Å². The number of carboxylic acids is 1. The Hall–Kier alpha value is -3.09. The molecule has 1 aliphatic heterocycles. The minimum absolute atomic E-state index is 0.0407. The Morgan fingerprint density at radius 2 is 1.93 bits per heavy atom. The summed E-state index contributed by atoms with van der Waals surface area (Å²) in [5.41, 5.74) is 1.98. The molecule has 1 saturated heterocycles. The van der Waals surface area contributed by atoms with Gasteiger partial charge in [0, 0.05) is 12.2 Å². The second kappa shape index (κ2) is 7.65. The summed E-state index contributed by atoms with van der Waals surface area (Å²) in [4.78, 5) is 37.4. The average Bonchev–Trinajstić information content (AvgIpc) is 3.27. The van der Waals surface area contributed by atoms with Crippen molar-refractivity contribution in [3.05, 3.63) is 53.5 Å². The largest absolute Gasteiger partial charge is 0.475 e. The number of carbonyl (C=O) groups excluding carboxylic acids is 2. The van der Waals surface area contributed by atoms with E-state index in [1.807, 2.05) is 24.3 Å². The number of rotatable bonds is 6. The van der Waals surface area contributed by atoms with E-state index in [9.17, 15) is 14.4 Å². The number of hydrogen-bond acceptors (Lipinski definition) is 4. The number of carboxylic acid groups (broad SMARTS) is 1. The summed E-state index contributed by atoms with van der Waals surface area (Å²) in [6.07, 6.45) is 0.440. The highest BCUT2D eigenvalue weighted by atomic mass is 16.4. The van der Waals surface area contributed by atoms with Crippen molar-refractivity contribution in [3.8, 4) is 0 Å². The van der Waals surface area contributed by atoms with Gasteiger partial charge in [0.15, 0.2) is 0 Å². The van der Waals surface area contributed by atoms with Gasteiger partial charge in [-0.2, -0.15) is 0 Å². The van der Waals surface area contributed by atoms with Gasteiger partial charge in [-0.3, -0.25) is 9.59 Å². The third kappa shape index (κ3) is 4.02. The van der Waals surface area contributed by atoms with Crippen molar-refractivity contribution >= 4 is 23.5 Å². The van der Waals surface area contributed by atoms with Gasteiger partial charge in [0.2, 0.25) is 17.6 Å². The van der Waals surface area contributed by atoms with Crippen molar-refractivity contribution in [1.82, 2.24) is 5.32 Å². The van der Waals surface area contributed by atoms with Crippen LogP contribution in [0.15, 0.2) is 40.8 Å². The van der Waals surface area contributed by atoms with Crippen LogP contribution in [0.25, 0.3) is 0 Å². The molecule has 3 rings (SSSR count). The molecule has 1 aromatic heterocycles. The molecule has 2 aromatic rings. The Morgan fingerprint density at radius 3 is 2.52 bits per heavy atom. The van der Waals surface area contributed by atoms with Gasteiger partial charge in [-0.05, 0) is 42.2 Å². The van der Waals surface area contributed by atoms with Gasteiger partial charge in [0.05, 0.1) is 6.54 Å². The van der Waals surface area contributed by atoms with Crippen LogP contribution >= 0.6 is 0 Å². The highest BCUT2D eigenvalue weighted by Crippen LogP contribution is 2.27. The van der Waals surface area contributed by atoms with Crippen molar-refractivity contribution in [2.45, 2.75) is 32.7 Å². The van der Waals surface area contributed by atoms with Crippen molar-refractivity contribution in [2.24, 2.45) is 5.92 Å². The molecule has 2 N–H and O–H groups in total. The molecule has 2 amide bonds. The van der Waals surface area contributed by atoms with E-state index in [-0.39, 0.29) is 24.1 Å². The number of amides is 2. The lowest BCUT2D eigenvalue weighted by atomic mass is 10.0. The summed E-state index contributed by atoms with van der Waals surface area (Å²) in [7, 11) is 0. The summed E-state index contributed by atoms with van der Waals surface area (Å²) < 4.78 is 5.10. The molecule has 1 unspecified atom stereocenters.